The number of anilines is 1. The maximum Gasteiger partial charge on any atom is 0.244 e. The molecule has 2 aromatic rings. The Hall–Kier alpha value is -2.00. The second-order valence-electron chi connectivity index (χ2n) is 6.65. The molecule has 0 aliphatic carbocycles. The predicted molar refractivity (Wildman–Crippen MR) is 92.7 cm³/mol. The molecule has 0 aromatic carbocycles. The average molecular weight is 345 g/mol. The first-order valence-electron chi connectivity index (χ1n) is 8.24. The minimum atomic E-state index is 0.0347. The number of hydrogen-bond acceptors (Lipinski definition) is 9. The van der Waals surface area contributed by atoms with Crippen LogP contribution in [0.2, 0.25) is 0 Å². The summed E-state index contributed by atoms with van der Waals surface area (Å²) in [6.45, 7) is 4.42. The first-order chi connectivity index (χ1) is 11.8. The number of hydrogen-bond donors (Lipinski definition) is 2. The smallest absolute Gasteiger partial charge is 0.244 e. The van der Waals surface area contributed by atoms with Crippen molar-refractivity contribution in [3.05, 3.63) is 6.33 Å². The van der Waals surface area contributed by atoms with Crippen LogP contribution in [0.4, 0.5) is 5.13 Å². The fourth-order valence-corrected chi connectivity index (χ4v) is 4.92. The normalized spacial score (nSPS) is 31.3. The number of methoxy groups -OCH3 is 1. The van der Waals surface area contributed by atoms with Crippen LogP contribution in [0, 0.1) is 5.92 Å². The monoisotopic (exact) mass is 345 g/mol. The van der Waals surface area contributed by atoms with E-state index in [4.69, 9.17) is 9.73 Å². The third-order valence-corrected chi connectivity index (χ3v) is 6.20. The summed E-state index contributed by atoms with van der Waals surface area (Å²) in [6, 6.07) is 0. The lowest BCUT2D eigenvalue weighted by molar-refractivity contribution is 0.0374. The summed E-state index contributed by atoms with van der Waals surface area (Å²) >= 11 is 1.48. The molecule has 9 heteroatoms. The minimum absolute atomic E-state index is 0.0347. The maximum absolute atomic E-state index is 5.25. The first kappa shape index (κ1) is 14.4. The zero-order valence-electron chi connectivity index (χ0n) is 13.4. The fourth-order valence-electron chi connectivity index (χ4n) is 4.12. The molecular weight excluding hydrogens is 326 g/mol. The van der Waals surface area contributed by atoms with Gasteiger partial charge in [-0.25, -0.2) is 15.0 Å². The lowest BCUT2D eigenvalue weighted by Gasteiger charge is -2.49. The third kappa shape index (κ3) is 2.15. The van der Waals surface area contributed by atoms with E-state index < -0.39 is 0 Å². The Labute approximate surface area is 143 Å². The predicted octanol–water partition coefficient (Wildman–Crippen LogP) is 0.930. The number of aromatic nitrogens is 3. The summed E-state index contributed by atoms with van der Waals surface area (Å²) in [6.07, 6.45) is 4.01. The van der Waals surface area contributed by atoms with Crippen LogP contribution < -0.4 is 15.4 Å². The number of fused-ring (bicyclic) bond motifs is 3. The molecule has 24 heavy (non-hydrogen) atoms. The summed E-state index contributed by atoms with van der Waals surface area (Å²) in [5.41, 5.74) is 0.719. The second-order valence-corrected chi connectivity index (χ2v) is 7.63. The van der Waals surface area contributed by atoms with Crippen molar-refractivity contribution >= 4 is 32.8 Å². The van der Waals surface area contributed by atoms with E-state index in [-0.39, 0.29) is 5.54 Å². The topological polar surface area (TPSA) is 87.6 Å². The van der Waals surface area contributed by atoms with Crippen molar-refractivity contribution in [2.24, 2.45) is 10.9 Å². The summed E-state index contributed by atoms with van der Waals surface area (Å²) in [5, 5.41) is 7.51. The van der Waals surface area contributed by atoms with Crippen molar-refractivity contribution in [2.45, 2.75) is 18.4 Å². The molecule has 0 saturated carbocycles. The zero-order chi connectivity index (χ0) is 16.1. The van der Waals surface area contributed by atoms with Gasteiger partial charge in [0.15, 0.2) is 21.4 Å². The Morgan fingerprint density at radius 1 is 1.38 bits per heavy atom. The lowest BCUT2D eigenvalue weighted by atomic mass is 9.73. The summed E-state index contributed by atoms with van der Waals surface area (Å²) in [5.74, 6) is 2.00. The quantitative estimate of drug-likeness (QED) is 0.837. The molecule has 4 aliphatic rings. The van der Waals surface area contributed by atoms with Crippen LogP contribution in [0.1, 0.15) is 12.8 Å². The highest BCUT2D eigenvalue weighted by Crippen LogP contribution is 2.40. The van der Waals surface area contributed by atoms with Gasteiger partial charge in [-0.3, -0.25) is 0 Å². The van der Waals surface area contributed by atoms with Gasteiger partial charge in [-0.1, -0.05) is 11.3 Å². The largest absolute Gasteiger partial charge is 0.479 e. The molecule has 2 bridgehead atoms. The summed E-state index contributed by atoms with van der Waals surface area (Å²) in [7, 11) is 1.59. The summed E-state index contributed by atoms with van der Waals surface area (Å²) < 4.78 is 5.25. The van der Waals surface area contributed by atoms with Crippen LogP contribution in [0.25, 0.3) is 10.3 Å². The molecule has 3 fully saturated rings. The molecule has 0 amide bonds. The Morgan fingerprint density at radius 2 is 2.25 bits per heavy atom. The van der Waals surface area contributed by atoms with E-state index in [1.165, 1.54) is 43.6 Å². The highest BCUT2D eigenvalue weighted by molar-refractivity contribution is 7.22. The van der Waals surface area contributed by atoms with Gasteiger partial charge in [-0.2, -0.15) is 4.98 Å². The molecule has 2 aromatic heterocycles. The first-order valence-corrected chi connectivity index (χ1v) is 9.06. The molecule has 4 aliphatic heterocycles. The number of thiazole rings is 1. The van der Waals surface area contributed by atoms with Gasteiger partial charge in [0.1, 0.15) is 6.33 Å². The van der Waals surface area contributed by atoms with Gasteiger partial charge >= 0.3 is 0 Å². The standard InChI is InChI=1S/C15H19N7OS/c1-23-11-10-12(18-8-17-11)24-14(19-10)20-13-16-6-15(21-13)7-22-4-2-9(15)3-5-22/h8-9H,2-7H2,1H3,(H2,16,19,20,21). The van der Waals surface area contributed by atoms with E-state index in [2.05, 4.69) is 30.5 Å². The number of ether oxygens (including phenoxy) is 1. The third-order valence-electron chi connectivity index (χ3n) is 5.32. The molecule has 1 atom stereocenters. The molecule has 6 heterocycles. The molecule has 0 radical (unpaired) electrons. The Bertz CT molecular complexity index is 813. The number of nitrogens with zero attached hydrogens (tertiary/aromatic N) is 5. The van der Waals surface area contributed by atoms with E-state index in [1.807, 2.05) is 0 Å². The van der Waals surface area contributed by atoms with Crippen LogP contribution >= 0.6 is 11.3 Å². The van der Waals surface area contributed by atoms with Gasteiger partial charge in [0.25, 0.3) is 0 Å². The van der Waals surface area contributed by atoms with Crippen molar-refractivity contribution in [1.29, 1.82) is 0 Å². The average Bonchev–Trinajstić information content (AvgIpc) is 3.19. The molecule has 2 N–H and O–H groups in total. The van der Waals surface area contributed by atoms with Gasteiger partial charge in [-0.05, 0) is 31.8 Å². The molecule has 6 rings (SSSR count). The molecule has 1 unspecified atom stereocenters. The maximum atomic E-state index is 5.25. The van der Waals surface area contributed by atoms with Gasteiger partial charge in [0.2, 0.25) is 5.88 Å². The van der Waals surface area contributed by atoms with E-state index in [9.17, 15) is 0 Å². The van der Waals surface area contributed by atoms with Crippen molar-refractivity contribution < 1.29 is 4.74 Å². The van der Waals surface area contributed by atoms with E-state index in [0.717, 1.165) is 29.0 Å². The SMILES string of the molecule is COc1ncnc2sc(NC3=NC4(CN3)CN3CCC4CC3)nc12. The van der Waals surface area contributed by atoms with E-state index >= 15 is 0 Å². The minimum Gasteiger partial charge on any atom is -0.479 e. The van der Waals surface area contributed by atoms with Crippen molar-refractivity contribution in [2.75, 3.05) is 38.6 Å². The highest BCUT2D eigenvalue weighted by Gasteiger charge is 2.49. The van der Waals surface area contributed by atoms with E-state index in [1.54, 1.807) is 7.11 Å². The number of aliphatic imine (C=N–C) groups is 1. The Morgan fingerprint density at radius 3 is 3.00 bits per heavy atom. The van der Waals surface area contributed by atoms with Crippen LogP contribution in [0.15, 0.2) is 11.3 Å². The second kappa shape index (κ2) is 5.25. The van der Waals surface area contributed by atoms with Crippen molar-refractivity contribution in [3.8, 4) is 5.88 Å². The molecule has 8 nitrogen and oxygen atoms in total. The highest BCUT2D eigenvalue weighted by atomic mass is 32.1. The molecule has 3 saturated heterocycles. The van der Waals surface area contributed by atoms with Crippen LogP contribution in [0.3, 0.4) is 0 Å². The van der Waals surface area contributed by atoms with Gasteiger partial charge in [0.05, 0.1) is 12.6 Å². The van der Waals surface area contributed by atoms with Gasteiger partial charge < -0.3 is 20.3 Å². The number of piperidine rings is 3. The lowest BCUT2D eigenvalue weighted by Crippen LogP contribution is -2.59. The number of rotatable bonds is 2. The van der Waals surface area contributed by atoms with Crippen LogP contribution in [0.5, 0.6) is 5.88 Å². The zero-order valence-corrected chi connectivity index (χ0v) is 14.3. The van der Waals surface area contributed by atoms with Crippen molar-refractivity contribution in [1.82, 2.24) is 25.2 Å². The van der Waals surface area contributed by atoms with Gasteiger partial charge in [-0.15, -0.1) is 0 Å². The fraction of sp³-hybridized carbons (Fsp3) is 0.600. The molecular formula is C15H19N7OS. The number of nitrogens with one attached hydrogen (secondary N) is 2. The molecule has 126 valence electrons. The van der Waals surface area contributed by atoms with E-state index in [0.29, 0.717) is 17.3 Å². The summed E-state index contributed by atoms with van der Waals surface area (Å²) in [4.78, 5) is 21.3. The molecule has 1 spiro atoms. The Kier molecular flexibility index (Phi) is 3.14. The van der Waals surface area contributed by atoms with Crippen LogP contribution in [-0.4, -0.2) is 64.6 Å². The van der Waals surface area contributed by atoms with Crippen LogP contribution in [-0.2, 0) is 0 Å². The number of guanidine groups is 1. The Balaban J connectivity index is 1.41. The van der Waals surface area contributed by atoms with Crippen molar-refractivity contribution in [3.63, 3.8) is 0 Å². The van der Waals surface area contributed by atoms with Gasteiger partial charge in [0, 0.05) is 13.1 Å².